The van der Waals surface area contributed by atoms with Gasteiger partial charge in [-0.05, 0) is 38.1 Å². The first-order valence-electron chi connectivity index (χ1n) is 10.7. The third kappa shape index (κ3) is 4.08. The standard InChI is InChI=1S/C21H26N8O2/c1-27-9-10-28(21-22-7-3-8-23-21)14-17(27)19-26-25-18-6-5-15(13-29(18)19)20(30)24-12-16-4-2-11-31-16/h3,5-8,13,16-17H,2,4,9-12,14H2,1H3,(H,24,30)/t16-,17-/m0/s1. The molecule has 5 rings (SSSR count). The Morgan fingerprint density at radius 2 is 2.10 bits per heavy atom. The molecule has 31 heavy (non-hydrogen) atoms. The van der Waals surface area contributed by atoms with Crippen molar-refractivity contribution in [2.45, 2.75) is 25.0 Å². The lowest BCUT2D eigenvalue weighted by atomic mass is 10.1. The summed E-state index contributed by atoms with van der Waals surface area (Å²) in [6.45, 7) is 3.68. The summed E-state index contributed by atoms with van der Waals surface area (Å²) in [6.07, 6.45) is 7.48. The van der Waals surface area contributed by atoms with Crippen LogP contribution in [0.1, 0.15) is 35.1 Å². The van der Waals surface area contributed by atoms with Crippen molar-refractivity contribution >= 4 is 17.5 Å². The summed E-state index contributed by atoms with van der Waals surface area (Å²) in [6, 6.07) is 5.43. The number of ether oxygens (including phenoxy) is 1. The molecule has 0 aliphatic carbocycles. The number of fused-ring (bicyclic) bond motifs is 1. The van der Waals surface area contributed by atoms with Gasteiger partial charge in [-0.15, -0.1) is 10.2 Å². The average molecular weight is 422 g/mol. The third-order valence-electron chi connectivity index (χ3n) is 5.99. The number of nitrogens with one attached hydrogen (secondary N) is 1. The molecule has 0 spiro atoms. The molecule has 0 saturated carbocycles. The summed E-state index contributed by atoms with van der Waals surface area (Å²) in [5, 5.41) is 11.8. The number of likely N-dealkylation sites (N-methyl/N-ethyl adjacent to an activating group) is 1. The highest BCUT2D eigenvalue weighted by atomic mass is 16.5. The molecule has 0 radical (unpaired) electrons. The number of rotatable bonds is 5. The Labute approximate surface area is 180 Å². The zero-order valence-corrected chi connectivity index (χ0v) is 17.5. The Kier molecular flexibility index (Phi) is 5.47. The normalized spacial score (nSPS) is 22.2. The third-order valence-corrected chi connectivity index (χ3v) is 5.99. The Morgan fingerprint density at radius 1 is 1.23 bits per heavy atom. The second-order valence-electron chi connectivity index (χ2n) is 8.04. The molecule has 10 heteroatoms. The van der Waals surface area contributed by atoms with Gasteiger partial charge in [0.15, 0.2) is 11.5 Å². The minimum atomic E-state index is -0.117. The topological polar surface area (TPSA) is 101 Å². The van der Waals surface area contributed by atoms with Crippen LogP contribution in [-0.2, 0) is 4.74 Å². The Morgan fingerprint density at radius 3 is 2.90 bits per heavy atom. The van der Waals surface area contributed by atoms with Crippen LogP contribution in [0.5, 0.6) is 0 Å². The average Bonchev–Trinajstić information content (AvgIpc) is 3.48. The van der Waals surface area contributed by atoms with E-state index in [1.807, 2.05) is 22.7 Å². The molecular formula is C21H26N8O2. The van der Waals surface area contributed by atoms with E-state index in [0.717, 1.165) is 38.4 Å². The smallest absolute Gasteiger partial charge is 0.252 e. The maximum atomic E-state index is 12.7. The highest BCUT2D eigenvalue weighted by Crippen LogP contribution is 2.25. The number of carbonyl (C=O) groups is 1. The van der Waals surface area contributed by atoms with Gasteiger partial charge < -0.3 is 15.0 Å². The highest BCUT2D eigenvalue weighted by molar-refractivity contribution is 5.94. The van der Waals surface area contributed by atoms with Gasteiger partial charge in [-0.1, -0.05) is 0 Å². The van der Waals surface area contributed by atoms with Crippen molar-refractivity contribution in [2.24, 2.45) is 0 Å². The van der Waals surface area contributed by atoms with Gasteiger partial charge in [0.2, 0.25) is 5.95 Å². The number of hydrogen-bond donors (Lipinski definition) is 1. The molecule has 3 aromatic rings. The lowest BCUT2D eigenvalue weighted by Gasteiger charge is -2.38. The molecule has 162 valence electrons. The van der Waals surface area contributed by atoms with Gasteiger partial charge in [0.05, 0.1) is 17.7 Å². The maximum Gasteiger partial charge on any atom is 0.252 e. The molecule has 0 unspecified atom stereocenters. The molecule has 2 aliphatic rings. The highest BCUT2D eigenvalue weighted by Gasteiger charge is 2.30. The minimum Gasteiger partial charge on any atom is -0.376 e. The molecule has 2 atom stereocenters. The molecular weight excluding hydrogens is 396 g/mol. The monoisotopic (exact) mass is 422 g/mol. The maximum absolute atomic E-state index is 12.7. The van der Waals surface area contributed by atoms with Gasteiger partial charge in [-0.25, -0.2) is 9.97 Å². The van der Waals surface area contributed by atoms with Crippen LogP contribution in [0.15, 0.2) is 36.8 Å². The number of anilines is 1. The first-order valence-corrected chi connectivity index (χ1v) is 10.7. The van der Waals surface area contributed by atoms with Gasteiger partial charge >= 0.3 is 0 Å². The van der Waals surface area contributed by atoms with Crippen LogP contribution in [0.4, 0.5) is 5.95 Å². The van der Waals surface area contributed by atoms with Crippen LogP contribution in [0, 0.1) is 0 Å². The van der Waals surface area contributed by atoms with Crippen molar-refractivity contribution in [2.75, 3.05) is 44.7 Å². The van der Waals surface area contributed by atoms with Crippen molar-refractivity contribution in [3.05, 3.63) is 48.2 Å². The van der Waals surface area contributed by atoms with Gasteiger partial charge in [-0.2, -0.15) is 0 Å². The summed E-state index contributed by atoms with van der Waals surface area (Å²) >= 11 is 0. The van der Waals surface area contributed by atoms with Crippen LogP contribution in [-0.4, -0.2) is 81.3 Å². The first-order chi connectivity index (χ1) is 15.2. The number of amides is 1. The second kappa shape index (κ2) is 8.56. The quantitative estimate of drug-likeness (QED) is 0.648. The van der Waals surface area contributed by atoms with E-state index in [0.29, 0.717) is 30.2 Å². The van der Waals surface area contributed by atoms with Crippen molar-refractivity contribution in [1.29, 1.82) is 0 Å². The minimum absolute atomic E-state index is 0.00208. The molecule has 2 aliphatic heterocycles. The van der Waals surface area contributed by atoms with E-state index in [1.165, 1.54) is 0 Å². The van der Waals surface area contributed by atoms with Crippen LogP contribution in [0.3, 0.4) is 0 Å². The van der Waals surface area contributed by atoms with Crippen molar-refractivity contribution in [3.63, 3.8) is 0 Å². The van der Waals surface area contributed by atoms with Crippen LogP contribution in [0.2, 0.25) is 0 Å². The van der Waals surface area contributed by atoms with Gasteiger partial charge in [0, 0.05) is 51.4 Å². The number of nitrogens with zero attached hydrogens (tertiary/aromatic N) is 7. The fourth-order valence-electron chi connectivity index (χ4n) is 4.17. The summed E-state index contributed by atoms with van der Waals surface area (Å²) in [5.74, 6) is 1.39. The molecule has 0 aromatic carbocycles. The zero-order chi connectivity index (χ0) is 21.2. The Balaban J connectivity index is 1.37. The predicted octanol–water partition coefficient (Wildman–Crippen LogP) is 0.921. The van der Waals surface area contributed by atoms with E-state index in [9.17, 15) is 4.79 Å². The Bertz CT molecular complexity index is 1050. The summed E-state index contributed by atoms with van der Waals surface area (Å²) in [7, 11) is 2.08. The van der Waals surface area contributed by atoms with E-state index < -0.39 is 0 Å². The SMILES string of the molecule is CN1CCN(c2ncccn2)C[C@H]1c1nnc2ccc(C(=O)NC[C@@H]3CCCO3)cn12. The van der Waals surface area contributed by atoms with E-state index in [2.05, 4.69) is 42.3 Å². The van der Waals surface area contributed by atoms with E-state index in [-0.39, 0.29) is 18.1 Å². The zero-order valence-electron chi connectivity index (χ0n) is 17.5. The molecule has 5 heterocycles. The van der Waals surface area contributed by atoms with Gasteiger partial charge in [0.25, 0.3) is 5.91 Å². The molecule has 1 amide bonds. The summed E-state index contributed by atoms with van der Waals surface area (Å²) < 4.78 is 7.51. The number of aromatic nitrogens is 5. The number of carbonyl (C=O) groups excluding carboxylic acids is 1. The van der Waals surface area contributed by atoms with Crippen molar-refractivity contribution in [1.82, 2.24) is 34.8 Å². The van der Waals surface area contributed by atoms with Gasteiger partial charge in [0.1, 0.15) is 0 Å². The number of pyridine rings is 1. The molecule has 1 N–H and O–H groups in total. The fourth-order valence-corrected chi connectivity index (χ4v) is 4.17. The molecule has 2 fully saturated rings. The molecule has 0 bridgehead atoms. The van der Waals surface area contributed by atoms with E-state index in [1.54, 1.807) is 18.5 Å². The molecule has 2 saturated heterocycles. The van der Waals surface area contributed by atoms with Crippen LogP contribution in [0.25, 0.3) is 5.65 Å². The lowest BCUT2D eigenvalue weighted by molar-refractivity contribution is 0.0857. The predicted molar refractivity (Wildman–Crippen MR) is 114 cm³/mol. The van der Waals surface area contributed by atoms with Crippen molar-refractivity contribution in [3.8, 4) is 0 Å². The molecule has 3 aromatic heterocycles. The first kappa shape index (κ1) is 19.8. The fraction of sp³-hybridized carbons (Fsp3) is 0.476. The van der Waals surface area contributed by atoms with Gasteiger partial charge in [-0.3, -0.25) is 14.1 Å². The number of hydrogen-bond acceptors (Lipinski definition) is 8. The summed E-state index contributed by atoms with van der Waals surface area (Å²) in [4.78, 5) is 25.9. The lowest BCUT2D eigenvalue weighted by Crippen LogP contribution is -2.48. The molecule has 10 nitrogen and oxygen atoms in total. The second-order valence-corrected chi connectivity index (χ2v) is 8.04. The van der Waals surface area contributed by atoms with E-state index in [4.69, 9.17) is 4.74 Å². The van der Waals surface area contributed by atoms with Crippen molar-refractivity contribution < 1.29 is 9.53 Å². The van der Waals surface area contributed by atoms with Crippen LogP contribution >= 0.6 is 0 Å². The largest absolute Gasteiger partial charge is 0.376 e. The van der Waals surface area contributed by atoms with E-state index >= 15 is 0 Å². The van der Waals surface area contributed by atoms with Crippen LogP contribution < -0.4 is 10.2 Å². The number of piperazine rings is 1. The summed E-state index contributed by atoms with van der Waals surface area (Å²) in [5.41, 5.74) is 1.29. The Hall–Kier alpha value is -3.11.